The van der Waals surface area contributed by atoms with Crippen LogP contribution in [-0.4, -0.2) is 0 Å². The van der Waals surface area contributed by atoms with Gasteiger partial charge in [-0.3, -0.25) is 0 Å². The Morgan fingerprint density at radius 2 is 0.421 bits per heavy atom. The summed E-state index contributed by atoms with van der Waals surface area (Å²) in [5.41, 5.74) is 14.4. The minimum atomic E-state index is 1.10. The Kier molecular flexibility index (Phi) is 13.0. The predicted octanol–water partition coefficient (Wildman–Crippen LogP) is 21.1. The van der Waals surface area contributed by atoms with Gasteiger partial charge in [0.2, 0.25) is 0 Å². The zero-order chi connectivity index (χ0) is 51.5. The van der Waals surface area contributed by atoms with E-state index in [0.717, 1.165) is 22.7 Å². The van der Waals surface area contributed by atoms with E-state index >= 15 is 0 Å². The van der Waals surface area contributed by atoms with Crippen molar-refractivity contribution in [3.05, 3.63) is 287 Å². The van der Waals surface area contributed by atoms with Crippen LogP contribution in [0.25, 0.3) is 99.7 Å². The number of rotatable bonds is 8. The molecule has 2 N–H and O–H groups in total. The standard InChI is InChI=1S/C30H16.2C22H21N/c1-5-17-6-2-10-20-24-15-16-26-22-12-4-8-18-7-3-11-21(28(18)22)25-14-13-23(29(24)30(25)26)19(9-1)27(17)20;2*1-17-3-7-19(8-4-17)9-10-20-11-15-22(16-12-20)23-21-13-5-18(2)6-14-21/h1-16H;2*3-16,23H,1-2H3/b;2*10-9+. The molecule has 0 heterocycles. The molecule has 364 valence electrons. The Bertz CT molecular complexity index is 3940. The van der Waals surface area contributed by atoms with Gasteiger partial charge in [-0.1, -0.05) is 241 Å². The third-order valence-electron chi connectivity index (χ3n) is 14.7. The lowest BCUT2D eigenvalue weighted by Gasteiger charge is -2.19. The average molecular weight is 975 g/mol. The highest BCUT2D eigenvalue weighted by atomic mass is 14.9. The number of benzene rings is 14. The van der Waals surface area contributed by atoms with E-state index in [1.54, 1.807) is 0 Å². The van der Waals surface area contributed by atoms with Crippen molar-refractivity contribution in [3.63, 3.8) is 0 Å². The summed E-state index contributed by atoms with van der Waals surface area (Å²) in [7, 11) is 0. The van der Waals surface area contributed by atoms with Gasteiger partial charge in [0.15, 0.2) is 0 Å². The predicted molar refractivity (Wildman–Crippen MR) is 333 cm³/mol. The van der Waals surface area contributed by atoms with Crippen molar-refractivity contribution in [2.75, 3.05) is 10.6 Å². The van der Waals surface area contributed by atoms with Crippen LogP contribution in [0.5, 0.6) is 0 Å². The molecule has 0 saturated heterocycles. The summed E-state index contributed by atoms with van der Waals surface area (Å²) in [6.45, 7) is 8.40. The van der Waals surface area contributed by atoms with E-state index in [4.69, 9.17) is 0 Å². The van der Waals surface area contributed by atoms with Gasteiger partial charge in [0, 0.05) is 22.7 Å². The van der Waals surface area contributed by atoms with Gasteiger partial charge in [-0.25, -0.2) is 0 Å². The largest absolute Gasteiger partial charge is 0.356 e. The van der Waals surface area contributed by atoms with Crippen LogP contribution in [0.4, 0.5) is 22.7 Å². The quantitative estimate of drug-likeness (QED) is 0.0901. The fourth-order valence-electron chi connectivity index (χ4n) is 10.7. The molecule has 0 aromatic heterocycles. The van der Waals surface area contributed by atoms with E-state index in [9.17, 15) is 0 Å². The first-order valence-electron chi connectivity index (χ1n) is 26.3. The first-order valence-corrected chi connectivity index (χ1v) is 26.3. The van der Waals surface area contributed by atoms with Gasteiger partial charge in [0.1, 0.15) is 0 Å². The summed E-state index contributed by atoms with van der Waals surface area (Å²) in [6, 6.07) is 87.1. The normalized spacial score (nSPS) is 11.6. The SMILES string of the molecule is Cc1ccc(/C=C/c2ccc(Nc3ccc(C)cc3)cc2)cc1.Cc1ccc(/C=C/c2ccc(Nc3ccc(C)cc3)cc2)cc1.c1cc2cccc3c4ccc5c6cccc7cccc(c8ccc(c(c1)c23)c4c85)c76. The van der Waals surface area contributed by atoms with Crippen LogP contribution in [-0.2, 0) is 0 Å². The fourth-order valence-corrected chi connectivity index (χ4v) is 10.7. The van der Waals surface area contributed by atoms with Crippen LogP contribution in [0.3, 0.4) is 0 Å². The molecular formula is C74H58N2. The third kappa shape index (κ3) is 9.85. The summed E-state index contributed by atoms with van der Waals surface area (Å²) >= 11 is 0. The monoisotopic (exact) mass is 974 g/mol. The highest BCUT2D eigenvalue weighted by molar-refractivity contribution is 6.42. The first kappa shape index (κ1) is 47.5. The third-order valence-corrected chi connectivity index (χ3v) is 14.7. The van der Waals surface area contributed by atoms with Gasteiger partial charge in [0.25, 0.3) is 0 Å². The maximum atomic E-state index is 3.41. The zero-order valence-electron chi connectivity index (χ0n) is 43.4. The number of nitrogens with one attached hydrogen (secondary N) is 2. The van der Waals surface area contributed by atoms with E-state index in [2.05, 4.69) is 305 Å². The molecule has 14 rings (SSSR count). The molecule has 0 bridgehead atoms. The summed E-state index contributed by atoms with van der Waals surface area (Å²) in [4.78, 5) is 0. The van der Waals surface area contributed by atoms with Gasteiger partial charge < -0.3 is 10.6 Å². The van der Waals surface area contributed by atoms with Crippen LogP contribution in [0.1, 0.15) is 44.5 Å². The van der Waals surface area contributed by atoms with Gasteiger partial charge in [0.05, 0.1) is 0 Å². The number of anilines is 4. The lowest BCUT2D eigenvalue weighted by molar-refractivity contribution is 1.45. The van der Waals surface area contributed by atoms with Crippen molar-refractivity contribution in [2.45, 2.75) is 27.7 Å². The summed E-state index contributed by atoms with van der Waals surface area (Å²) in [5.74, 6) is 0. The van der Waals surface area contributed by atoms with Crippen molar-refractivity contribution in [1.29, 1.82) is 0 Å². The Morgan fingerprint density at radius 1 is 0.211 bits per heavy atom. The molecule has 0 unspecified atom stereocenters. The summed E-state index contributed by atoms with van der Waals surface area (Å²) in [6.07, 6.45) is 8.56. The van der Waals surface area contributed by atoms with E-state index in [1.165, 1.54) is 120 Å². The van der Waals surface area contributed by atoms with Crippen molar-refractivity contribution in [1.82, 2.24) is 0 Å². The molecule has 0 aliphatic rings. The van der Waals surface area contributed by atoms with Gasteiger partial charge in [-0.15, -0.1) is 0 Å². The van der Waals surface area contributed by atoms with Gasteiger partial charge >= 0.3 is 0 Å². The molecule has 0 aliphatic heterocycles. The number of hydrogen-bond donors (Lipinski definition) is 2. The van der Waals surface area contributed by atoms with E-state index in [-0.39, 0.29) is 0 Å². The molecule has 14 aromatic rings. The Morgan fingerprint density at radius 3 is 0.684 bits per heavy atom. The molecule has 0 atom stereocenters. The molecule has 0 fully saturated rings. The fraction of sp³-hybridized carbons (Fsp3) is 0.0541. The molecule has 0 radical (unpaired) electrons. The van der Waals surface area contributed by atoms with Crippen LogP contribution in [0, 0.1) is 27.7 Å². The number of hydrogen-bond acceptors (Lipinski definition) is 2. The summed E-state index contributed by atoms with van der Waals surface area (Å²) < 4.78 is 0. The second-order valence-electron chi connectivity index (χ2n) is 20.2. The molecule has 0 spiro atoms. The van der Waals surface area contributed by atoms with Crippen LogP contribution < -0.4 is 10.6 Å². The summed E-state index contributed by atoms with van der Waals surface area (Å²) in [5, 5.41) is 25.9. The highest BCUT2D eigenvalue weighted by Gasteiger charge is 2.18. The molecule has 2 nitrogen and oxygen atoms in total. The minimum absolute atomic E-state index is 1.10. The average Bonchev–Trinajstić information content (AvgIpc) is 3.50. The molecule has 14 aromatic carbocycles. The van der Waals surface area contributed by atoms with Crippen molar-refractivity contribution < 1.29 is 0 Å². The first-order chi connectivity index (χ1) is 37.3. The second kappa shape index (κ2) is 20.8. The van der Waals surface area contributed by atoms with Crippen LogP contribution >= 0.6 is 0 Å². The molecule has 76 heavy (non-hydrogen) atoms. The molecular weight excluding hydrogens is 917 g/mol. The molecule has 0 saturated carbocycles. The Labute approximate surface area is 445 Å². The smallest absolute Gasteiger partial charge is 0.0384 e. The second-order valence-corrected chi connectivity index (χ2v) is 20.2. The Hall–Kier alpha value is -9.50. The maximum Gasteiger partial charge on any atom is 0.0384 e. The van der Waals surface area contributed by atoms with Crippen LogP contribution in [0.2, 0.25) is 0 Å². The minimum Gasteiger partial charge on any atom is -0.356 e. The molecule has 2 heteroatoms. The molecule has 0 amide bonds. The lowest BCUT2D eigenvalue weighted by Crippen LogP contribution is -1.90. The van der Waals surface area contributed by atoms with Crippen molar-refractivity contribution in [3.8, 4) is 0 Å². The maximum absolute atomic E-state index is 3.41. The van der Waals surface area contributed by atoms with Crippen molar-refractivity contribution >= 4 is 122 Å². The zero-order valence-corrected chi connectivity index (χ0v) is 43.4. The number of fused-ring (bicyclic) bond motifs is 4. The lowest BCUT2D eigenvalue weighted by atomic mass is 9.84. The van der Waals surface area contributed by atoms with Crippen molar-refractivity contribution in [2.24, 2.45) is 0 Å². The van der Waals surface area contributed by atoms with Crippen LogP contribution in [0.15, 0.2) is 243 Å². The number of aryl methyl sites for hydroxylation is 4. The van der Waals surface area contributed by atoms with E-state index < -0.39 is 0 Å². The van der Waals surface area contributed by atoms with Gasteiger partial charge in [-0.05, 0) is 174 Å². The molecule has 0 aliphatic carbocycles. The topological polar surface area (TPSA) is 24.1 Å². The Balaban J connectivity index is 0.000000117. The van der Waals surface area contributed by atoms with Gasteiger partial charge in [-0.2, -0.15) is 0 Å². The highest BCUT2D eigenvalue weighted by Crippen LogP contribution is 2.47. The van der Waals surface area contributed by atoms with E-state index in [1.807, 2.05) is 0 Å². The van der Waals surface area contributed by atoms with E-state index in [0.29, 0.717) is 0 Å².